The molecule has 0 aliphatic carbocycles. The Hall–Kier alpha value is 0.250. The van der Waals surface area contributed by atoms with Gasteiger partial charge in [0, 0.05) is 38.3 Å². The van der Waals surface area contributed by atoms with Crippen LogP contribution in [0.25, 0.3) is 0 Å². The van der Waals surface area contributed by atoms with E-state index in [-0.39, 0.29) is 5.78 Å². The summed E-state index contributed by atoms with van der Waals surface area (Å²) in [6.07, 6.45) is 0. The van der Waals surface area contributed by atoms with Gasteiger partial charge in [0.2, 0.25) is 0 Å². The first-order chi connectivity index (χ1) is 9.45. The highest BCUT2D eigenvalue weighted by Crippen LogP contribution is 2.32. The average Bonchev–Trinajstić information content (AvgIpc) is 2.70. The minimum Gasteiger partial charge on any atom is -0.301 e. The van der Waals surface area contributed by atoms with Crippen LogP contribution in [-0.2, 0) is 0 Å². The Bertz CT molecular complexity index is 468. The quantitative estimate of drug-likeness (QED) is 0.674. The third-order valence-corrected chi connectivity index (χ3v) is 5.75. The van der Waals surface area contributed by atoms with Crippen molar-refractivity contribution in [1.29, 1.82) is 0 Å². The van der Waals surface area contributed by atoms with E-state index in [0.29, 0.717) is 12.5 Å². The predicted octanol–water partition coefficient (Wildman–Crippen LogP) is 3.73. The maximum atomic E-state index is 12.3. The second kappa shape index (κ2) is 7.49. The van der Waals surface area contributed by atoms with Gasteiger partial charge in [-0.25, -0.2) is 0 Å². The number of carbonyl (C=O) groups is 1. The largest absolute Gasteiger partial charge is 0.301 e. The van der Waals surface area contributed by atoms with Gasteiger partial charge in [-0.1, -0.05) is 13.8 Å². The summed E-state index contributed by atoms with van der Waals surface area (Å²) in [4.78, 5) is 17.1. The minimum atomic E-state index is 0.205. The maximum Gasteiger partial charge on any atom is 0.178 e. The van der Waals surface area contributed by atoms with E-state index < -0.39 is 0 Å². The summed E-state index contributed by atoms with van der Waals surface area (Å²) in [7, 11) is 0. The summed E-state index contributed by atoms with van der Waals surface area (Å²) in [6.45, 7) is 10.3. The van der Waals surface area contributed by atoms with Gasteiger partial charge in [0.15, 0.2) is 5.78 Å². The van der Waals surface area contributed by atoms with Crippen LogP contribution >= 0.6 is 43.2 Å². The highest BCUT2D eigenvalue weighted by atomic mass is 79.9. The van der Waals surface area contributed by atoms with E-state index in [9.17, 15) is 4.79 Å². The standard InChI is InChI=1S/C14H20Br2N2OS/c1-10(2)8-17-3-5-18(6-4-17)9-12(19)11-7-13(15)20-14(11)16/h7,10H,3-6,8-9H2,1-2H3. The van der Waals surface area contributed by atoms with Gasteiger partial charge in [-0.3, -0.25) is 9.69 Å². The van der Waals surface area contributed by atoms with Crippen LogP contribution in [0.3, 0.4) is 0 Å². The fraction of sp³-hybridized carbons (Fsp3) is 0.643. The number of thiophene rings is 1. The monoisotopic (exact) mass is 422 g/mol. The molecule has 0 unspecified atom stereocenters. The zero-order valence-corrected chi connectivity index (χ0v) is 15.9. The molecular weight excluding hydrogens is 404 g/mol. The van der Waals surface area contributed by atoms with Gasteiger partial charge in [-0.2, -0.15) is 0 Å². The van der Waals surface area contributed by atoms with Crippen molar-refractivity contribution in [3.05, 3.63) is 19.2 Å². The molecule has 2 rings (SSSR count). The van der Waals surface area contributed by atoms with Crippen LogP contribution in [0.2, 0.25) is 0 Å². The van der Waals surface area contributed by atoms with E-state index in [1.807, 2.05) is 6.07 Å². The fourth-order valence-corrected chi connectivity index (χ4v) is 5.32. The molecule has 0 aromatic carbocycles. The highest BCUT2D eigenvalue weighted by Gasteiger charge is 2.21. The summed E-state index contributed by atoms with van der Waals surface area (Å²) in [5.41, 5.74) is 0.798. The molecule has 1 saturated heterocycles. The SMILES string of the molecule is CC(C)CN1CCN(CC(=O)c2cc(Br)sc2Br)CC1. The van der Waals surface area contributed by atoms with Gasteiger partial charge >= 0.3 is 0 Å². The van der Waals surface area contributed by atoms with E-state index >= 15 is 0 Å². The molecule has 0 bridgehead atoms. The van der Waals surface area contributed by atoms with Crippen molar-refractivity contribution in [3.63, 3.8) is 0 Å². The molecule has 1 fully saturated rings. The Morgan fingerprint density at radius 2 is 1.85 bits per heavy atom. The van der Waals surface area contributed by atoms with Crippen molar-refractivity contribution < 1.29 is 4.79 Å². The summed E-state index contributed by atoms with van der Waals surface area (Å²) in [5.74, 6) is 0.915. The molecule has 2 heterocycles. The number of nitrogens with zero attached hydrogens (tertiary/aromatic N) is 2. The number of carbonyl (C=O) groups excluding carboxylic acids is 1. The van der Waals surface area contributed by atoms with E-state index in [4.69, 9.17) is 0 Å². The highest BCUT2D eigenvalue weighted by molar-refractivity contribution is 9.12. The second-order valence-electron chi connectivity index (χ2n) is 5.63. The Labute approximate surface area is 141 Å². The number of rotatable bonds is 5. The summed E-state index contributed by atoms with van der Waals surface area (Å²) >= 11 is 8.44. The normalized spacial score (nSPS) is 17.9. The Kier molecular flexibility index (Phi) is 6.23. The third kappa shape index (κ3) is 4.63. The van der Waals surface area contributed by atoms with Crippen molar-refractivity contribution in [2.24, 2.45) is 5.92 Å². The third-order valence-electron chi connectivity index (χ3n) is 3.41. The average molecular weight is 424 g/mol. The minimum absolute atomic E-state index is 0.205. The van der Waals surface area contributed by atoms with Crippen molar-refractivity contribution in [2.45, 2.75) is 13.8 Å². The molecule has 6 heteroatoms. The number of halogens is 2. The van der Waals surface area contributed by atoms with Crippen LogP contribution in [0.15, 0.2) is 13.6 Å². The summed E-state index contributed by atoms with van der Waals surface area (Å²) in [6, 6.07) is 1.91. The molecule has 0 N–H and O–H groups in total. The fourth-order valence-electron chi connectivity index (χ4n) is 2.47. The van der Waals surface area contributed by atoms with Crippen LogP contribution < -0.4 is 0 Å². The molecule has 1 aliphatic heterocycles. The van der Waals surface area contributed by atoms with E-state index in [1.165, 1.54) is 0 Å². The predicted molar refractivity (Wildman–Crippen MR) is 91.8 cm³/mol. The van der Waals surface area contributed by atoms with Gasteiger partial charge in [-0.05, 0) is 43.8 Å². The molecule has 3 nitrogen and oxygen atoms in total. The van der Waals surface area contributed by atoms with Crippen molar-refractivity contribution >= 4 is 49.0 Å². The van der Waals surface area contributed by atoms with Gasteiger partial charge in [0.25, 0.3) is 0 Å². The van der Waals surface area contributed by atoms with E-state index in [1.54, 1.807) is 11.3 Å². The molecule has 1 aliphatic rings. The Balaban J connectivity index is 1.83. The molecule has 0 spiro atoms. The topological polar surface area (TPSA) is 23.6 Å². The zero-order chi connectivity index (χ0) is 14.7. The molecule has 112 valence electrons. The maximum absolute atomic E-state index is 12.3. The van der Waals surface area contributed by atoms with Crippen LogP contribution in [0.5, 0.6) is 0 Å². The summed E-state index contributed by atoms with van der Waals surface area (Å²) in [5, 5.41) is 0. The lowest BCUT2D eigenvalue weighted by molar-refractivity contribution is 0.0837. The molecular formula is C14H20Br2N2OS. The lowest BCUT2D eigenvalue weighted by Crippen LogP contribution is -2.48. The molecule has 1 aromatic rings. The molecule has 20 heavy (non-hydrogen) atoms. The first-order valence-corrected chi connectivity index (χ1v) is 9.28. The van der Waals surface area contributed by atoms with Gasteiger partial charge < -0.3 is 4.90 Å². The van der Waals surface area contributed by atoms with Gasteiger partial charge in [0.05, 0.1) is 14.1 Å². The lowest BCUT2D eigenvalue weighted by atomic mass is 10.1. The van der Waals surface area contributed by atoms with Gasteiger partial charge in [0.1, 0.15) is 0 Å². The van der Waals surface area contributed by atoms with Crippen LogP contribution in [0.1, 0.15) is 24.2 Å². The molecule has 0 radical (unpaired) electrons. The molecule has 0 amide bonds. The zero-order valence-electron chi connectivity index (χ0n) is 11.9. The number of piperazine rings is 1. The number of Topliss-reactive ketones (excluding diaryl/α,β-unsaturated/α-hetero) is 1. The second-order valence-corrected chi connectivity index (χ2v) is 9.38. The van der Waals surface area contributed by atoms with Crippen molar-refractivity contribution in [1.82, 2.24) is 9.80 Å². The van der Waals surface area contributed by atoms with Gasteiger partial charge in [-0.15, -0.1) is 11.3 Å². The van der Waals surface area contributed by atoms with E-state index in [0.717, 1.165) is 45.9 Å². The lowest BCUT2D eigenvalue weighted by Gasteiger charge is -2.35. The van der Waals surface area contributed by atoms with E-state index in [2.05, 4.69) is 55.5 Å². The Morgan fingerprint density at radius 3 is 2.35 bits per heavy atom. The first kappa shape index (κ1) is 16.6. The van der Waals surface area contributed by atoms with Crippen LogP contribution in [0, 0.1) is 5.92 Å². The smallest absolute Gasteiger partial charge is 0.178 e. The molecule has 0 atom stereocenters. The number of ketones is 1. The van der Waals surface area contributed by atoms with Crippen molar-refractivity contribution in [3.8, 4) is 0 Å². The number of hydrogen-bond acceptors (Lipinski definition) is 4. The molecule has 1 aromatic heterocycles. The Morgan fingerprint density at radius 1 is 1.25 bits per heavy atom. The first-order valence-electron chi connectivity index (χ1n) is 6.88. The van der Waals surface area contributed by atoms with Crippen LogP contribution in [-0.4, -0.2) is 54.9 Å². The summed E-state index contributed by atoms with van der Waals surface area (Å²) < 4.78 is 1.92. The van der Waals surface area contributed by atoms with Crippen LogP contribution in [0.4, 0.5) is 0 Å². The van der Waals surface area contributed by atoms with Crippen molar-refractivity contribution in [2.75, 3.05) is 39.3 Å². The molecule has 0 saturated carbocycles. The number of hydrogen-bond donors (Lipinski definition) is 0.